The fourth-order valence-electron chi connectivity index (χ4n) is 3.21. The van der Waals surface area contributed by atoms with Gasteiger partial charge in [-0.05, 0) is 37.5 Å². The second kappa shape index (κ2) is 9.01. The fraction of sp³-hybridized carbons (Fsp3) is 0.474. The average molecular weight is 403 g/mol. The van der Waals surface area contributed by atoms with Gasteiger partial charge in [0.05, 0.1) is 12.1 Å². The molecule has 1 aromatic heterocycles. The van der Waals surface area contributed by atoms with Crippen molar-refractivity contribution in [3.63, 3.8) is 0 Å². The number of hydrogen-bond acceptors (Lipinski definition) is 8. The Morgan fingerprint density at radius 1 is 1.38 bits per heavy atom. The van der Waals surface area contributed by atoms with Crippen molar-refractivity contribution in [2.45, 2.75) is 50.4 Å². The number of phenolic OH excluding ortho intramolecular Hbond substituents is 1. The Morgan fingerprint density at radius 2 is 2.07 bits per heavy atom. The lowest BCUT2D eigenvalue weighted by atomic mass is 10.1. The number of amides is 2. The number of carbonyl (C=O) groups excluding carboxylic acids is 2. The Labute approximate surface area is 167 Å². The third kappa shape index (κ3) is 4.90. The number of benzene rings is 1. The van der Waals surface area contributed by atoms with Crippen LogP contribution >= 0.6 is 0 Å². The third-order valence-corrected chi connectivity index (χ3v) is 4.95. The molecule has 5 N–H and O–H groups in total. The number of aldehydes is 1. The minimum absolute atomic E-state index is 0.0619. The zero-order valence-electron chi connectivity index (χ0n) is 16.1. The van der Waals surface area contributed by atoms with Crippen LogP contribution in [0, 0.1) is 0 Å². The van der Waals surface area contributed by atoms with Crippen molar-refractivity contribution < 1.29 is 24.2 Å². The van der Waals surface area contributed by atoms with E-state index in [1.54, 1.807) is 24.3 Å². The van der Waals surface area contributed by atoms with E-state index in [2.05, 4.69) is 15.5 Å². The summed E-state index contributed by atoms with van der Waals surface area (Å²) in [5, 5.41) is 29.9. The molecule has 10 heteroatoms. The molecule has 10 nitrogen and oxygen atoms in total. The predicted molar refractivity (Wildman–Crippen MR) is 102 cm³/mol. The average Bonchev–Trinajstić information content (AvgIpc) is 3.38. The highest BCUT2D eigenvalue weighted by molar-refractivity contribution is 5.79. The predicted octanol–water partition coefficient (Wildman–Crippen LogP) is 0.812. The van der Waals surface area contributed by atoms with Crippen LogP contribution in [-0.2, 0) is 11.2 Å². The number of hydrogen-bond donors (Lipinski definition) is 4. The van der Waals surface area contributed by atoms with E-state index in [0.717, 1.165) is 18.3 Å². The van der Waals surface area contributed by atoms with Gasteiger partial charge in [0.25, 0.3) is 0 Å². The molecule has 0 saturated carbocycles. The summed E-state index contributed by atoms with van der Waals surface area (Å²) in [5.74, 6) is 0.328. The van der Waals surface area contributed by atoms with Crippen LogP contribution < -0.4 is 11.1 Å². The van der Waals surface area contributed by atoms with Crippen LogP contribution in [-0.4, -0.2) is 56.3 Å². The van der Waals surface area contributed by atoms with Crippen molar-refractivity contribution in [1.82, 2.24) is 20.4 Å². The van der Waals surface area contributed by atoms with E-state index in [1.807, 2.05) is 0 Å². The fourth-order valence-corrected chi connectivity index (χ4v) is 3.21. The topological polar surface area (TPSA) is 155 Å². The molecule has 2 heterocycles. The second-order valence-corrected chi connectivity index (χ2v) is 7.16. The maximum absolute atomic E-state index is 12.8. The number of rotatable bonds is 7. The first-order chi connectivity index (χ1) is 13.9. The maximum atomic E-state index is 12.8. The number of nitrogens with zero attached hydrogens (tertiary/aromatic N) is 3. The Kier molecular flexibility index (Phi) is 6.45. The molecular formula is C19H25N5O5. The van der Waals surface area contributed by atoms with Crippen LogP contribution in [0.15, 0.2) is 28.7 Å². The molecule has 1 aliphatic heterocycles. The van der Waals surface area contributed by atoms with Gasteiger partial charge in [-0.3, -0.25) is 0 Å². The molecule has 1 aliphatic rings. The molecule has 0 radical (unpaired) electrons. The minimum Gasteiger partial charge on any atom is -0.508 e. The summed E-state index contributed by atoms with van der Waals surface area (Å²) in [6, 6.07) is 4.14. The second-order valence-electron chi connectivity index (χ2n) is 7.16. The quantitative estimate of drug-likeness (QED) is 0.495. The molecule has 0 bridgehead atoms. The van der Waals surface area contributed by atoms with Gasteiger partial charge in [-0.2, -0.15) is 0 Å². The molecule has 2 aromatic rings. The van der Waals surface area contributed by atoms with E-state index in [9.17, 15) is 19.8 Å². The standard InChI is InChI=1S/C19H25N5O5/c1-11(26)16(20)18-23-22-17(29-18)15(9-12-4-6-14(27)7-5-12)21-19(28)24-8-2-3-13(24)10-25/h4-7,10-11,13,15-16,26-27H,2-3,8-9,20H2,1H3,(H,21,28)/t11?,13?,15-,16?/m0/s1. The minimum atomic E-state index is -0.883. The Balaban J connectivity index is 1.82. The summed E-state index contributed by atoms with van der Waals surface area (Å²) in [5.41, 5.74) is 6.67. The highest BCUT2D eigenvalue weighted by atomic mass is 16.4. The lowest BCUT2D eigenvalue weighted by Crippen LogP contribution is -2.45. The summed E-state index contributed by atoms with van der Waals surface area (Å²) in [7, 11) is 0. The number of phenols is 1. The molecule has 0 spiro atoms. The van der Waals surface area contributed by atoms with Gasteiger partial charge in [0.1, 0.15) is 24.1 Å². The SMILES string of the molecule is CC(O)C(N)c1nnc([C@H](Cc2ccc(O)cc2)NC(=O)N2CCCC2C=O)o1. The summed E-state index contributed by atoms with van der Waals surface area (Å²) in [6.45, 7) is 2.00. The van der Waals surface area contributed by atoms with Gasteiger partial charge in [-0.15, -0.1) is 10.2 Å². The smallest absolute Gasteiger partial charge is 0.318 e. The highest BCUT2D eigenvalue weighted by Gasteiger charge is 2.31. The monoisotopic (exact) mass is 403 g/mol. The van der Waals surface area contributed by atoms with E-state index >= 15 is 0 Å². The first-order valence-electron chi connectivity index (χ1n) is 9.46. The number of nitrogens with two attached hydrogens (primary N) is 1. The first kappa shape index (κ1) is 20.7. The van der Waals surface area contributed by atoms with E-state index in [0.29, 0.717) is 19.4 Å². The molecule has 3 rings (SSSR count). The maximum Gasteiger partial charge on any atom is 0.318 e. The van der Waals surface area contributed by atoms with Gasteiger partial charge < -0.3 is 35.4 Å². The van der Waals surface area contributed by atoms with Gasteiger partial charge in [-0.1, -0.05) is 12.1 Å². The number of urea groups is 1. The summed E-state index contributed by atoms with van der Waals surface area (Å²) in [6.07, 6.45) is 1.60. The third-order valence-electron chi connectivity index (χ3n) is 4.95. The van der Waals surface area contributed by atoms with Crippen molar-refractivity contribution in [3.05, 3.63) is 41.6 Å². The van der Waals surface area contributed by atoms with Gasteiger partial charge in [0, 0.05) is 13.0 Å². The van der Waals surface area contributed by atoms with Crippen molar-refractivity contribution in [1.29, 1.82) is 0 Å². The van der Waals surface area contributed by atoms with E-state index in [-0.39, 0.29) is 17.5 Å². The highest BCUT2D eigenvalue weighted by Crippen LogP contribution is 2.23. The molecule has 0 aliphatic carbocycles. The Hall–Kier alpha value is -2.98. The van der Waals surface area contributed by atoms with Crippen LogP contribution in [0.25, 0.3) is 0 Å². The van der Waals surface area contributed by atoms with Crippen LogP contribution in [0.1, 0.15) is 49.2 Å². The number of aromatic hydroxyl groups is 1. The summed E-state index contributed by atoms with van der Waals surface area (Å²) >= 11 is 0. The molecule has 4 atom stereocenters. The van der Waals surface area contributed by atoms with Gasteiger partial charge in [0.15, 0.2) is 0 Å². The molecule has 29 heavy (non-hydrogen) atoms. The Bertz CT molecular complexity index is 838. The molecule has 1 fully saturated rings. The van der Waals surface area contributed by atoms with Crippen LogP contribution in [0.5, 0.6) is 5.75 Å². The number of nitrogens with one attached hydrogen (secondary N) is 1. The van der Waals surface area contributed by atoms with Gasteiger partial charge in [0.2, 0.25) is 11.8 Å². The number of aliphatic hydroxyl groups excluding tert-OH is 1. The van der Waals surface area contributed by atoms with Crippen LogP contribution in [0.4, 0.5) is 4.79 Å². The van der Waals surface area contributed by atoms with Gasteiger partial charge in [-0.25, -0.2) is 4.79 Å². The van der Waals surface area contributed by atoms with E-state index < -0.39 is 30.3 Å². The largest absolute Gasteiger partial charge is 0.508 e. The number of aromatic nitrogens is 2. The van der Waals surface area contributed by atoms with E-state index in [1.165, 1.54) is 11.8 Å². The zero-order chi connectivity index (χ0) is 21.0. The van der Waals surface area contributed by atoms with Crippen molar-refractivity contribution in [2.75, 3.05) is 6.54 Å². The number of likely N-dealkylation sites (tertiary alicyclic amines) is 1. The molecule has 3 unspecified atom stereocenters. The lowest BCUT2D eigenvalue weighted by Gasteiger charge is -2.24. The lowest BCUT2D eigenvalue weighted by molar-refractivity contribution is -0.110. The first-order valence-corrected chi connectivity index (χ1v) is 9.46. The van der Waals surface area contributed by atoms with Crippen molar-refractivity contribution in [2.24, 2.45) is 5.73 Å². The molecular weight excluding hydrogens is 378 g/mol. The summed E-state index contributed by atoms with van der Waals surface area (Å²) in [4.78, 5) is 25.5. The van der Waals surface area contributed by atoms with Crippen LogP contribution in [0.3, 0.4) is 0 Å². The number of carbonyl (C=O) groups is 2. The Morgan fingerprint density at radius 3 is 2.72 bits per heavy atom. The van der Waals surface area contributed by atoms with E-state index in [4.69, 9.17) is 10.2 Å². The summed E-state index contributed by atoms with van der Waals surface area (Å²) < 4.78 is 5.62. The molecule has 156 valence electrons. The van der Waals surface area contributed by atoms with Crippen molar-refractivity contribution >= 4 is 12.3 Å². The number of aliphatic hydroxyl groups is 1. The molecule has 1 saturated heterocycles. The zero-order valence-corrected chi connectivity index (χ0v) is 16.1. The van der Waals surface area contributed by atoms with Crippen molar-refractivity contribution in [3.8, 4) is 5.75 Å². The normalized spacial score (nSPS) is 19.6. The van der Waals surface area contributed by atoms with Gasteiger partial charge >= 0.3 is 6.03 Å². The van der Waals surface area contributed by atoms with Crippen LogP contribution in [0.2, 0.25) is 0 Å². The molecule has 2 amide bonds. The molecule has 1 aromatic carbocycles.